The summed E-state index contributed by atoms with van der Waals surface area (Å²) in [5.41, 5.74) is 0.516. The lowest BCUT2D eigenvalue weighted by atomic mass is 10.3. The molecular formula is C16H10Cl2F3N5OS. The molecule has 1 N–H and O–H groups in total. The van der Waals surface area contributed by atoms with Crippen molar-refractivity contribution < 1.29 is 18.0 Å². The molecule has 0 fully saturated rings. The number of anilines is 1. The molecule has 2 heterocycles. The minimum atomic E-state index is -4.40. The molecule has 6 nitrogen and oxygen atoms in total. The Hall–Kier alpha value is -2.43. The monoisotopic (exact) mass is 447 g/mol. The van der Waals surface area contributed by atoms with Crippen LogP contribution in [0.3, 0.4) is 0 Å². The van der Waals surface area contributed by atoms with Gasteiger partial charge in [-0.3, -0.25) is 4.79 Å². The van der Waals surface area contributed by atoms with Crippen molar-refractivity contribution >= 4 is 57.2 Å². The number of benzene rings is 1. The van der Waals surface area contributed by atoms with Gasteiger partial charge in [0.1, 0.15) is 12.4 Å². The number of halogens is 5. The summed E-state index contributed by atoms with van der Waals surface area (Å²) in [6.45, 7) is -1.20. The second-order valence-corrected chi connectivity index (χ2v) is 7.22. The lowest BCUT2D eigenvalue weighted by molar-refractivity contribution is -0.140. The summed E-state index contributed by atoms with van der Waals surface area (Å²) < 4.78 is 38.6. The van der Waals surface area contributed by atoms with E-state index in [1.807, 2.05) is 0 Å². The number of carbonyl (C=O) groups excluding carboxylic acids is 1. The summed E-state index contributed by atoms with van der Waals surface area (Å²) in [5.74, 6) is -0.501. The van der Waals surface area contributed by atoms with Crippen LogP contribution in [0.25, 0.3) is 11.1 Å². The van der Waals surface area contributed by atoms with E-state index in [1.165, 1.54) is 18.5 Å². The van der Waals surface area contributed by atoms with Crippen molar-refractivity contribution in [2.45, 2.75) is 12.7 Å². The number of hydrogen-bond acceptors (Lipinski definition) is 5. The van der Waals surface area contributed by atoms with E-state index in [0.717, 1.165) is 15.9 Å². The first-order chi connectivity index (χ1) is 13.2. The normalized spacial score (nSPS) is 12.2. The molecule has 0 bridgehead atoms. The molecule has 0 aliphatic heterocycles. The van der Waals surface area contributed by atoms with E-state index in [4.69, 9.17) is 23.2 Å². The van der Waals surface area contributed by atoms with Gasteiger partial charge in [-0.1, -0.05) is 34.5 Å². The zero-order chi connectivity index (χ0) is 20.3. The lowest BCUT2D eigenvalue weighted by Gasteiger charge is -2.08. The van der Waals surface area contributed by atoms with Gasteiger partial charge in [0.25, 0.3) is 5.91 Å². The summed E-state index contributed by atoms with van der Waals surface area (Å²) in [7, 11) is 0. The molecule has 0 saturated carbocycles. The third-order valence-electron chi connectivity index (χ3n) is 3.28. The molecule has 12 heteroatoms. The molecule has 1 amide bonds. The van der Waals surface area contributed by atoms with E-state index < -0.39 is 18.6 Å². The standard InChI is InChI=1S/C16H10Cl2F3N5OS/c17-9-1-3-10(4-2-9)23-13(27)15-25-24-14(28-15)11(18)7-12-22-5-6-26(12)8-16(19,20)21/h1-7H,8H2,(H,23,27). The first-order valence-electron chi connectivity index (χ1n) is 7.57. The van der Waals surface area contributed by atoms with Crippen molar-refractivity contribution in [2.24, 2.45) is 0 Å². The van der Waals surface area contributed by atoms with Crippen LogP contribution in [0.5, 0.6) is 0 Å². The fraction of sp³-hybridized carbons (Fsp3) is 0.125. The van der Waals surface area contributed by atoms with Crippen LogP contribution in [0.2, 0.25) is 5.02 Å². The largest absolute Gasteiger partial charge is 0.406 e. The molecule has 3 aromatic rings. The average Bonchev–Trinajstić information content (AvgIpc) is 3.26. The Morgan fingerprint density at radius 2 is 1.89 bits per heavy atom. The molecule has 0 aliphatic carbocycles. The van der Waals surface area contributed by atoms with Crippen LogP contribution in [0.15, 0.2) is 36.7 Å². The third kappa shape index (κ3) is 5.31. The Morgan fingerprint density at radius 3 is 2.57 bits per heavy atom. The number of imidazole rings is 1. The quantitative estimate of drug-likeness (QED) is 0.600. The van der Waals surface area contributed by atoms with Crippen LogP contribution < -0.4 is 5.32 Å². The number of hydrogen-bond donors (Lipinski definition) is 1. The smallest absolute Gasteiger partial charge is 0.322 e. The van der Waals surface area contributed by atoms with Gasteiger partial charge < -0.3 is 9.88 Å². The highest BCUT2D eigenvalue weighted by Crippen LogP contribution is 2.26. The Balaban J connectivity index is 1.74. The van der Waals surface area contributed by atoms with E-state index in [9.17, 15) is 18.0 Å². The predicted molar refractivity (Wildman–Crippen MR) is 101 cm³/mol. The molecule has 1 aromatic carbocycles. The van der Waals surface area contributed by atoms with Gasteiger partial charge in [-0.2, -0.15) is 13.2 Å². The van der Waals surface area contributed by atoms with Crippen molar-refractivity contribution in [3.8, 4) is 0 Å². The minimum Gasteiger partial charge on any atom is -0.322 e. The van der Waals surface area contributed by atoms with Gasteiger partial charge >= 0.3 is 6.18 Å². The molecule has 0 saturated heterocycles. The Labute approximate surface area is 170 Å². The van der Waals surface area contributed by atoms with Gasteiger partial charge in [-0.15, -0.1) is 10.2 Å². The SMILES string of the molecule is O=C(Nc1ccc(Cl)cc1)c1nnc(C(Cl)=Cc2nccn2CC(F)(F)F)s1. The van der Waals surface area contributed by atoms with Gasteiger partial charge in [0.15, 0.2) is 5.01 Å². The first-order valence-corrected chi connectivity index (χ1v) is 9.14. The molecule has 146 valence electrons. The van der Waals surface area contributed by atoms with Crippen LogP contribution in [0.1, 0.15) is 20.6 Å². The number of amides is 1. The van der Waals surface area contributed by atoms with Crippen molar-refractivity contribution in [3.63, 3.8) is 0 Å². The maximum Gasteiger partial charge on any atom is 0.406 e. The van der Waals surface area contributed by atoms with Gasteiger partial charge in [0, 0.05) is 29.2 Å². The summed E-state index contributed by atoms with van der Waals surface area (Å²) >= 11 is 12.8. The minimum absolute atomic E-state index is 0.00434. The molecule has 0 radical (unpaired) electrons. The maximum atomic E-state index is 12.6. The Bertz CT molecular complexity index is 1010. The summed E-state index contributed by atoms with van der Waals surface area (Å²) in [6, 6.07) is 6.47. The number of aromatic nitrogens is 4. The second kappa shape index (κ2) is 8.29. The predicted octanol–water partition coefficient (Wildman–Crippen LogP) is 4.94. The van der Waals surface area contributed by atoms with Gasteiger partial charge in [0.05, 0.1) is 5.03 Å². The van der Waals surface area contributed by atoms with Gasteiger partial charge in [-0.05, 0) is 24.3 Å². The number of alkyl halides is 3. The highest BCUT2D eigenvalue weighted by Gasteiger charge is 2.28. The van der Waals surface area contributed by atoms with Crippen molar-refractivity contribution in [2.75, 3.05) is 5.32 Å². The van der Waals surface area contributed by atoms with Crippen LogP contribution in [0, 0.1) is 0 Å². The molecular weight excluding hydrogens is 438 g/mol. The number of nitrogens with one attached hydrogen (secondary N) is 1. The summed E-state index contributed by atoms with van der Waals surface area (Å²) in [4.78, 5) is 16.1. The zero-order valence-electron chi connectivity index (χ0n) is 13.7. The molecule has 0 unspecified atom stereocenters. The second-order valence-electron chi connectivity index (χ2n) is 5.39. The number of rotatable bonds is 5. The fourth-order valence-electron chi connectivity index (χ4n) is 2.09. The fourth-order valence-corrected chi connectivity index (χ4v) is 3.12. The van der Waals surface area contributed by atoms with Crippen LogP contribution in [0.4, 0.5) is 18.9 Å². The van der Waals surface area contributed by atoms with Gasteiger partial charge in [0.2, 0.25) is 5.01 Å². The van der Waals surface area contributed by atoms with E-state index in [2.05, 4.69) is 20.5 Å². The maximum absolute atomic E-state index is 12.6. The van der Waals surface area contributed by atoms with Crippen LogP contribution in [-0.2, 0) is 6.54 Å². The first kappa shape index (κ1) is 20.3. The number of carbonyl (C=O) groups is 1. The molecule has 3 rings (SSSR count). The van der Waals surface area contributed by atoms with Crippen LogP contribution >= 0.6 is 34.5 Å². The van der Waals surface area contributed by atoms with Crippen molar-refractivity contribution in [1.82, 2.24) is 19.7 Å². The lowest BCUT2D eigenvalue weighted by Crippen LogP contribution is -2.18. The summed E-state index contributed by atoms with van der Waals surface area (Å²) in [5, 5.41) is 10.9. The van der Waals surface area contributed by atoms with E-state index in [0.29, 0.717) is 10.7 Å². The van der Waals surface area contributed by atoms with E-state index in [-0.39, 0.29) is 20.9 Å². The molecule has 0 atom stereocenters. The van der Waals surface area contributed by atoms with Crippen LogP contribution in [-0.4, -0.2) is 31.8 Å². The molecule has 2 aromatic heterocycles. The highest BCUT2D eigenvalue weighted by molar-refractivity contribution is 7.15. The molecule has 28 heavy (non-hydrogen) atoms. The van der Waals surface area contributed by atoms with E-state index in [1.54, 1.807) is 24.3 Å². The summed E-state index contributed by atoms with van der Waals surface area (Å²) in [6.07, 6.45) is -0.748. The Morgan fingerprint density at radius 1 is 1.21 bits per heavy atom. The van der Waals surface area contributed by atoms with E-state index >= 15 is 0 Å². The van der Waals surface area contributed by atoms with Crippen molar-refractivity contribution in [3.05, 3.63) is 57.5 Å². The highest BCUT2D eigenvalue weighted by atomic mass is 35.5. The third-order valence-corrected chi connectivity index (χ3v) is 4.89. The Kier molecular flexibility index (Phi) is 6.01. The molecule has 0 aliphatic rings. The van der Waals surface area contributed by atoms with Crippen molar-refractivity contribution in [1.29, 1.82) is 0 Å². The zero-order valence-corrected chi connectivity index (χ0v) is 16.1. The van der Waals surface area contributed by atoms with Gasteiger partial charge in [-0.25, -0.2) is 4.98 Å². The number of nitrogens with zero attached hydrogens (tertiary/aromatic N) is 4. The average molecular weight is 448 g/mol. The molecule has 0 spiro atoms. The topological polar surface area (TPSA) is 72.7 Å².